The van der Waals surface area contributed by atoms with Gasteiger partial charge in [-0.1, -0.05) is 54.1 Å². The van der Waals surface area contributed by atoms with E-state index >= 15 is 0 Å². The molecule has 1 saturated carbocycles. The summed E-state index contributed by atoms with van der Waals surface area (Å²) < 4.78 is 6.74. The van der Waals surface area contributed by atoms with E-state index < -0.39 is 10.6 Å². The van der Waals surface area contributed by atoms with Gasteiger partial charge in [-0.25, -0.2) is 0 Å². The highest BCUT2D eigenvalue weighted by Gasteiger charge is 2.52. The number of hydrogen-bond donors (Lipinski definition) is 1. The molecule has 1 amide bonds. The highest BCUT2D eigenvalue weighted by molar-refractivity contribution is 6.30. The normalized spacial score (nSPS) is 23.5. The molecule has 1 heterocycles. The number of halogens is 1. The van der Waals surface area contributed by atoms with E-state index in [0.717, 1.165) is 29.5 Å². The van der Waals surface area contributed by atoms with Gasteiger partial charge in [-0.15, -0.1) is 0 Å². The van der Waals surface area contributed by atoms with Gasteiger partial charge in [0.2, 0.25) is 0 Å². The predicted molar refractivity (Wildman–Crippen MR) is 131 cm³/mol. The van der Waals surface area contributed by atoms with Crippen LogP contribution >= 0.6 is 11.6 Å². The molecule has 1 unspecified atom stereocenters. The number of nitrogens with zero attached hydrogens (tertiary/aromatic N) is 2. The Balaban J connectivity index is 1.60. The Kier molecular flexibility index (Phi) is 6.32. The zero-order valence-electron chi connectivity index (χ0n) is 19.0. The lowest BCUT2D eigenvalue weighted by atomic mass is 9.93. The number of fused-ring (bicyclic) bond motifs is 1. The van der Waals surface area contributed by atoms with Crippen molar-refractivity contribution in [2.75, 3.05) is 6.61 Å². The van der Waals surface area contributed by atoms with Crippen molar-refractivity contribution >= 4 is 23.2 Å². The average Bonchev–Trinajstić information content (AvgIpc) is 3.38. The van der Waals surface area contributed by atoms with Gasteiger partial charge in [-0.3, -0.25) is 19.8 Å². The first-order chi connectivity index (χ1) is 16.9. The zero-order valence-corrected chi connectivity index (χ0v) is 19.7. The summed E-state index contributed by atoms with van der Waals surface area (Å²) in [6.45, 7) is 0.569. The van der Waals surface area contributed by atoms with Crippen molar-refractivity contribution in [2.24, 2.45) is 5.92 Å². The molecule has 35 heavy (non-hydrogen) atoms. The summed E-state index contributed by atoms with van der Waals surface area (Å²) in [6.07, 6.45) is 1.93. The van der Waals surface area contributed by atoms with Crippen LogP contribution in [0.4, 0.5) is 5.69 Å². The van der Waals surface area contributed by atoms with Crippen LogP contribution in [0.1, 0.15) is 46.3 Å². The number of aliphatic hydroxyl groups excluding tert-OH is 1. The number of nitro groups is 1. The van der Waals surface area contributed by atoms with Crippen LogP contribution in [-0.2, 0) is 17.0 Å². The standard InChI is InChI=1S/C27H25ClN2O5/c28-21-10-8-20(9-11-21)27(35-17-19-7-14-23(31)15-19)25-4-2-1-3-24(25)26(32)29(27)16-18-5-12-22(13-6-18)30(33)34/h1-6,8-13,19,23,31H,7,14-17H2/t19-,23+,27?/m0/s1. The van der Waals surface area contributed by atoms with Crippen molar-refractivity contribution in [3.8, 4) is 0 Å². The maximum absolute atomic E-state index is 13.8. The fourth-order valence-electron chi connectivity index (χ4n) is 5.15. The summed E-state index contributed by atoms with van der Waals surface area (Å²) in [4.78, 5) is 26.1. The second-order valence-corrected chi connectivity index (χ2v) is 9.59. The molecule has 1 aliphatic heterocycles. The number of carbonyl (C=O) groups is 1. The van der Waals surface area contributed by atoms with Gasteiger partial charge in [0.1, 0.15) is 0 Å². The van der Waals surface area contributed by atoms with Crippen LogP contribution in [0.5, 0.6) is 0 Å². The second-order valence-electron chi connectivity index (χ2n) is 9.16. The van der Waals surface area contributed by atoms with Gasteiger partial charge in [0.15, 0.2) is 5.72 Å². The van der Waals surface area contributed by atoms with Gasteiger partial charge >= 0.3 is 0 Å². The van der Waals surface area contributed by atoms with Crippen molar-refractivity contribution in [1.82, 2.24) is 4.90 Å². The molecule has 3 aromatic carbocycles. The largest absolute Gasteiger partial charge is 0.393 e. The molecule has 3 aromatic rings. The summed E-state index contributed by atoms with van der Waals surface area (Å²) in [6, 6.07) is 20.9. The fraction of sp³-hybridized carbons (Fsp3) is 0.296. The van der Waals surface area contributed by atoms with E-state index in [9.17, 15) is 20.0 Å². The summed E-state index contributed by atoms with van der Waals surface area (Å²) in [5, 5.41) is 21.7. The minimum Gasteiger partial charge on any atom is -0.393 e. The average molecular weight is 493 g/mol. The lowest BCUT2D eigenvalue weighted by Crippen LogP contribution is -2.47. The molecular formula is C27H25ClN2O5. The van der Waals surface area contributed by atoms with Gasteiger partial charge in [-0.2, -0.15) is 0 Å². The van der Waals surface area contributed by atoms with E-state index in [1.807, 2.05) is 30.3 Å². The highest BCUT2D eigenvalue weighted by Crippen LogP contribution is 2.47. The summed E-state index contributed by atoms with van der Waals surface area (Å²) >= 11 is 6.19. The molecule has 180 valence electrons. The van der Waals surface area contributed by atoms with Gasteiger partial charge in [0.05, 0.1) is 17.6 Å². The fourth-order valence-corrected chi connectivity index (χ4v) is 5.28. The molecule has 0 saturated heterocycles. The minimum absolute atomic E-state index is 0.00945. The lowest BCUT2D eigenvalue weighted by molar-refractivity contribution is -0.384. The van der Waals surface area contributed by atoms with E-state index in [1.54, 1.807) is 35.2 Å². The molecule has 1 N–H and O–H groups in total. The number of hydrogen-bond acceptors (Lipinski definition) is 5. The number of rotatable bonds is 7. The predicted octanol–water partition coefficient (Wildman–Crippen LogP) is 5.28. The van der Waals surface area contributed by atoms with Crippen molar-refractivity contribution in [3.63, 3.8) is 0 Å². The molecule has 0 radical (unpaired) electrons. The van der Waals surface area contributed by atoms with Crippen molar-refractivity contribution in [3.05, 3.63) is 110 Å². The molecule has 3 atom stereocenters. The Labute approximate surface area is 208 Å². The number of aliphatic hydroxyl groups is 1. The topological polar surface area (TPSA) is 92.9 Å². The molecule has 0 spiro atoms. The quantitative estimate of drug-likeness (QED) is 0.357. The number of amides is 1. The lowest BCUT2D eigenvalue weighted by Gasteiger charge is -2.40. The first kappa shape index (κ1) is 23.5. The van der Waals surface area contributed by atoms with Gasteiger partial charge in [-0.05, 0) is 48.9 Å². The number of non-ortho nitro benzene ring substituents is 1. The zero-order chi connectivity index (χ0) is 24.6. The Morgan fingerprint density at radius 2 is 1.77 bits per heavy atom. The Morgan fingerprint density at radius 1 is 1.06 bits per heavy atom. The van der Waals surface area contributed by atoms with Crippen molar-refractivity contribution in [1.29, 1.82) is 0 Å². The molecule has 1 fully saturated rings. The number of benzene rings is 3. The minimum atomic E-state index is -1.20. The first-order valence-corrected chi connectivity index (χ1v) is 12.0. The van der Waals surface area contributed by atoms with E-state index in [2.05, 4.69) is 0 Å². The van der Waals surface area contributed by atoms with Crippen LogP contribution in [-0.4, -0.2) is 33.5 Å². The molecule has 5 rings (SSSR count). The van der Waals surface area contributed by atoms with Crippen molar-refractivity contribution in [2.45, 2.75) is 37.6 Å². The van der Waals surface area contributed by atoms with E-state index in [1.165, 1.54) is 12.1 Å². The number of nitro benzene ring substituents is 1. The summed E-state index contributed by atoms with van der Waals surface area (Å²) in [7, 11) is 0. The van der Waals surface area contributed by atoms with Crippen molar-refractivity contribution < 1.29 is 19.6 Å². The molecule has 1 aliphatic carbocycles. The third kappa shape index (κ3) is 4.31. The Bertz CT molecular complexity index is 1250. The molecule has 2 aliphatic rings. The van der Waals surface area contributed by atoms with Crippen LogP contribution in [0.25, 0.3) is 0 Å². The van der Waals surface area contributed by atoms with Gasteiger partial charge in [0.25, 0.3) is 11.6 Å². The van der Waals surface area contributed by atoms with Gasteiger partial charge < -0.3 is 9.84 Å². The molecule has 7 nitrogen and oxygen atoms in total. The number of carbonyl (C=O) groups excluding carboxylic acids is 1. The van der Waals surface area contributed by atoms with Gasteiger partial charge in [0, 0.05) is 40.4 Å². The Hall–Kier alpha value is -3.26. The van der Waals surface area contributed by atoms with Crippen LogP contribution in [0.15, 0.2) is 72.8 Å². The second kappa shape index (κ2) is 9.41. The Morgan fingerprint density at radius 3 is 2.43 bits per heavy atom. The third-order valence-corrected chi connectivity index (χ3v) is 7.16. The third-order valence-electron chi connectivity index (χ3n) is 6.91. The molecule has 8 heteroatoms. The summed E-state index contributed by atoms with van der Waals surface area (Å²) in [5.41, 5.74) is 1.59. The van der Waals surface area contributed by atoms with Crippen LogP contribution < -0.4 is 0 Å². The maximum Gasteiger partial charge on any atom is 0.269 e. The van der Waals surface area contributed by atoms with Crippen LogP contribution in [0.2, 0.25) is 5.02 Å². The van der Waals surface area contributed by atoms with E-state index in [4.69, 9.17) is 16.3 Å². The smallest absolute Gasteiger partial charge is 0.269 e. The maximum atomic E-state index is 13.8. The monoisotopic (exact) mass is 492 g/mol. The number of ether oxygens (including phenoxy) is 1. The SMILES string of the molecule is O=C1c2ccccc2C(OC[C@H]2CC[C@@H](O)C2)(c2ccc(Cl)cc2)N1Cc1ccc([N+](=O)[O-])cc1. The highest BCUT2D eigenvalue weighted by atomic mass is 35.5. The van der Waals surface area contributed by atoms with E-state index in [-0.39, 0.29) is 30.2 Å². The van der Waals surface area contributed by atoms with Crippen LogP contribution in [0, 0.1) is 16.0 Å². The molecular weight excluding hydrogens is 468 g/mol. The molecule has 0 bridgehead atoms. The summed E-state index contributed by atoms with van der Waals surface area (Å²) in [5.74, 6) is -0.00127. The van der Waals surface area contributed by atoms with Crippen LogP contribution in [0.3, 0.4) is 0 Å². The molecule has 0 aromatic heterocycles. The first-order valence-electron chi connectivity index (χ1n) is 11.6. The van der Waals surface area contributed by atoms with E-state index in [0.29, 0.717) is 23.6 Å².